The molecular weight excluding hydrogens is 387 g/mol. The maximum Gasteiger partial charge on any atom is 0.264 e. The van der Waals surface area contributed by atoms with Crippen molar-refractivity contribution in [2.45, 2.75) is 24.5 Å². The van der Waals surface area contributed by atoms with E-state index in [1.807, 2.05) is 30.3 Å². The third-order valence-corrected chi connectivity index (χ3v) is 4.84. The lowest BCUT2D eigenvalue weighted by Gasteiger charge is -2.36. The number of hydrogen-bond acceptors (Lipinski definition) is 4. The zero-order valence-electron chi connectivity index (χ0n) is 14.9. The van der Waals surface area contributed by atoms with Crippen LogP contribution >= 0.6 is 24.0 Å². The van der Waals surface area contributed by atoms with Crippen molar-refractivity contribution in [1.29, 1.82) is 0 Å². The highest BCUT2D eigenvalue weighted by Gasteiger charge is 2.42. The van der Waals surface area contributed by atoms with Crippen molar-refractivity contribution >= 4 is 29.9 Å². The summed E-state index contributed by atoms with van der Waals surface area (Å²) < 4.78 is 6.11. The molecule has 0 saturated carbocycles. The third-order valence-electron chi connectivity index (χ3n) is 4.59. The number of carbonyl (C=O) groups is 1. The van der Waals surface area contributed by atoms with Gasteiger partial charge in [-0.15, -0.1) is 12.4 Å². The summed E-state index contributed by atoms with van der Waals surface area (Å²) in [7, 11) is 0. The normalized spacial score (nSPS) is 16.7. The van der Waals surface area contributed by atoms with E-state index < -0.39 is 11.7 Å². The van der Waals surface area contributed by atoms with E-state index in [-0.39, 0.29) is 24.9 Å². The molecule has 3 N–H and O–H groups in total. The Bertz CT molecular complexity index is 720. The molecule has 1 saturated heterocycles. The van der Waals surface area contributed by atoms with Gasteiger partial charge in [0.15, 0.2) is 5.60 Å². The molecule has 1 fully saturated rings. The molecule has 1 unspecified atom stereocenters. The molecule has 0 bridgehead atoms. The molecule has 1 atom stereocenters. The lowest BCUT2D eigenvalue weighted by atomic mass is 9.90. The standard InChI is InChI=1S/C20H23ClN2O3.ClH/c21-16-6-8-17(9-7-16)26-20(10-12-22-13-11-20)19(25)23-14-18(24)15-4-2-1-3-5-15;/h1-9,18,22,24H,10-14H2,(H,23,25);1H. The van der Waals surface area contributed by atoms with Gasteiger partial charge in [-0.1, -0.05) is 41.9 Å². The van der Waals surface area contributed by atoms with E-state index >= 15 is 0 Å². The Balaban J connectivity index is 0.00000261. The maximum atomic E-state index is 12.9. The number of aliphatic hydroxyl groups is 1. The first-order valence-electron chi connectivity index (χ1n) is 8.76. The molecule has 3 rings (SSSR count). The highest BCUT2D eigenvalue weighted by molar-refractivity contribution is 6.30. The molecule has 0 aliphatic carbocycles. The van der Waals surface area contributed by atoms with Gasteiger partial charge in [-0.05, 0) is 42.9 Å². The lowest BCUT2D eigenvalue weighted by molar-refractivity contribution is -0.139. The van der Waals surface area contributed by atoms with Gasteiger partial charge in [0.1, 0.15) is 5.75 Å². The number of ether oxygens (including phenoxy) is 1. The van der Waals surface area contributed by atoms with E-state index in [0.29, 0.717) is 36.7 Å². The Labute approximate surface area is 170 Å². The molecule has 1 heterocycles. The quantitative estimate of drug-likeness (QED) is 0.683. The van der Waals surface area contributed by atoms with Crippen LogP contribution in [-0.4, -0.2) is 36.2 Å². The van der Waals surface area contributed by atoms with E-state index in [1.54, 1.807) is 24.3 Å². The molecule has 0 aromatic heterocycles. The van der Waals surface area contributed by atoms with Crippen LogP contribution in [0.4, 0.5) is 0 Å². The first-order chi connectivity index (χ1) is 12.6. The highest BCUT2D eigenvalue weighted by atomic mass is 35.5. The summed E-state index contributed by atoms with van der Waals surface area (Å²) >= 11 is 5.92. The van der Waals surface area contributed by atoms with E-state index in [1.165, 1.54) is 0 Å². The molecule has 27 heavy (non-hydrogen) atoms. The largest absolute Gasteiger partial charge is 0.477 e. The summed E-state index contributed by atoms with van der Waals surface area (Å²) in [5.41, 5.74) is -0.180. The van der Waals surface area contributed by atoms with Crippen molar-refractivity contribution in [3.8, 4) is 5.75 Å². The van der Waals surface area contributed by atoms with Crippen LogP contribution in [0.5, 0.6) is 5.75 Å². The summed E-state index contributed by atoms with van der Waals surface area (Å²) in [6.07, 6.45) is 0.362. The van der Waals surface area contributed by atoms with E-state index in [0.717, 1.165) is 5.56 Å². The second kappa shape index (κ2) is 9.95. The Kier molecular flexibility index (Phi) is 7.92. The summed E-state index contributed by atoms with van der Waals surface area (Å²) in [4.78, 5) is 12.9. The van der Waals surface area contributed by atoms with Crippen LogP contribution in [0.1, 0.15) is 24.5 Å². The van der Waals surface area contributed by atoms with Crippen molar-refractivity contribution in [2.75, 3.05) is 19.6 Å². The van der Waals surface area contributed by atoms with Gasteiger partial charge in [0, 0.05) is 24.4 Å². The van der Waals surface area contributed by atoms with Crippen molar-refractivity contribution in [2.24, 2.45) is 0 Å². The predicted octanol–water partition coefficient (Wildman–Crippen LogP) is 3.11. The molecule has 7 heteroatoms. The molecule has 1 aliphatic heterocycles. The van der Waals surface area contributed by atoms with Crippen LogP contribution in [0.15, 0.2) is 54.6 Å². The molecule has 0 radical (unpaired) electrons. The molecular formula is C20H24Cl2N2O3. The Morgan fingerprint density at radius 1 is 1.15 bits per heavy atom. The van der Waals surface area contributed by atoms with Gasteiger partial charge >= 0.3 is 0 Å². The molecule has 1 aliphatic rings. The Morgan fingerprint density at radius 3 is 2.41 bits per heavy atom. The summed E-state index contributed by atoms with van der Waals surface area (Å²) in [6, 6.07) is 16.3. The van der Waals surface area contributed by atoms with Crippen molar-refractivity contribution < 1.29 is 14.6 Å². The second-order valence-corrected chi connectivity index (χ2v) is 6.87. The minimum Gasteiger partial charge on any atom is -0.477 e. The van der Waals surface area contributed by atoms with Crippen LogP contribution in [0, 0.1) is 0 Å². The highest BCUT2D eigenvalue weighted by Crippen LogP contribution is 2.28. The van der Waals surface area contributed by atoms with Gasteiger partial charge in [-0.2, -0.15) is 0 Å². The number of rotatable bonds is 6. The zero-order chi connectivity index (χ0) is 18.4. The van der Waals surface area contributed by atoms with Gasteiger partial charge in [0.05, 0.1) is 6.10 Å². The van der Waals surface area contributed by atoms with Crippen molar-refractivity contribution in [3.63, 3.8) is 0 Å². The molecule has 5 nitrogen and oxygen atoms in total. The van der Waals surface area contributed by atoms with Gasteiger partial charge in [0.2, 0.25) is 0 Å². The average Bonchev–Trinajstić information content (AvgIpc) is 2.69. The number of aliphatic hydroxyl groups excluding tert-OH is 1. The lowest BCUT2D eigenvalue weighted by Crippen LogP contribution is -2.57. The van der Waals surface area contributed by atoms with Crippen LogP contribution in [0.2, 0.25) is 5.02 Å². The van der Waals surface area contributed by atoms with Crippen LogP contribution in [-0.2, 0) is 4.79 Å². The van der Waals surface area contributed by atoms with Crippen LogP contribution in [0.25, 0.3) is 0 Å². The van der Waals surface area contributed by atoms with Crippen molar-refractivity contribution in [1.82, 2.24) is 10.6 Å². The second-order valence-electron chi connectivity index (χ2n) is 6.44. The first kappa shape index (κ1) is 21.5. The molecule has 2 aromatic carbocycles. The maximum absolute atomic E-state index is 12.9. The number of carbonyl (C=O) groups excluding carboxylic acids is 1. The molecule has 1 amide bonds. The van der Waals surface area contributed by atoms with Gasteiger partial charge in [0.25, 0.3) is 5.91 Å². The number of benzene rings is 2. The van der Waals surface area contributed by atoms with Crippen molar-refractivity contribution in [3.05, 3.63) is 65.2 Å². The van der Waals surface area contributed by atoms with Gasteiger partial charge in [-0.3, -0.25) is 4.79 Å². The topological polar surface area (TPSA) is 70.6 Å². The monoisotopic (exact) mass is 410 g/mol. The summed E-state index contributed by atoms with van der Waals surface area (Å²) in [5, 5.41) is 17.0. The zero-order valence-corrected chi connectivity index (χ0v) is 16.4. The van der Waals surface area contributed by atoms with Gasteiger partial charge < -0.3 is 20.5 Å². The number of halogens is 2. The van der Waals surface area contributed by atoms with Crippen LogP contribution in [0.3, 0.4) is 0 Å². The SMILES string of the molecule is Cl.O=C(NCC(O)c1ccccc1)C1(Oc2ccc(Cl)cc2)CCNCC1. The molecule has 0 spiro atoms. The third kappa shape index (κ3) is 5.59. The van der Waals surface area contributed by atoms with Gasteiger partial charge in [-0.25, -0.2) is 0 Å². The molecule has 146 valence electrons. The van der Waals surface area contributed by atoms with E-state index in [2.05, 4.69) is 10.6 Å². The first-order valence-corrected chi connectivity index (χ1v) is 9.13. The fourth-order valence-corrected chi connectivity index (χ4v) is 3.20. The number of hydrogen-bond donors (Lipinski definition) is 3. The Morgan fingerprint density at radius 2 is 1.78 bits per heavy atom. The summed E-state index contributed by atoms with van der Waals surface area (Å²) in [6.45, 7) is 1.53. The fourth-order valence-electron chi connectivity index (χ4n) is 3.08. The number of piperidine rings is 1. The predicted molar refractivity (Wildman–Crippen MR) is 109 cm³/mol. The smallest absolute Gasteiger partial charge is 0.264 e. The van der Waals surface area contributed by atoms with E-state index in [9.17, 15) is 9.90 Å². The molecule has 2 aromatic rings. The van der Waals surface area contributed by atoms with E-state index in [4.69, 9.17) is 16.3 Å². The average molecular weight is 411 g/mol. The van der Waals surface area contributed by atoms with Crippen LogP contribution < -0.4 is 15.4 Å². The Hall–Kier alpha value is -1.79. The summed E-state index contributed by atoms with van der Waals surface area (Å²) in [5.74, 6) is 0.402. The minimum atomic E-state index is -0.949. The number of nitrogens with one attached hydrogen (secondary N) is 2. The minimum absolute atomic E-state index is 0. The number of amides is 1. The fraction of sp³-hybridized carbons (Fsp3) is 0.350.